The van der Waals surface area contributed by atoms with E-state index in [9.17, 15) is 8.78 Å². The molecule has 90 valence electrons. The van der Waals surface area contributed by atoms with Gasteiger partial charge in [0.15, 0.2) is 5.82 Å². The van der Waals surface area contributed by atoms with Crippen LogP contribution < -0.4 is 5.32 Å². The zero-order valence-corrected chi connectivity index (χ0v) is 9.67. The van der Waals surface area contributed by atoms with E-state index in [-0.39, 0.29) is 16.4 Å². The van der Waals surface area contributed by atoms with E-state index >= 15 is 0 Å². The Kier molecular flexibility index (Phi) is 3.40. The van der Waals surface area contributed by atoms with Gasteiger partial charge in [-0.1, -0.05) is 11.6 Å². The fraction of sp³-hybridized carbons (Fsp3) is 0. The Morgan fingerprint density at radius 1 is 1.28 bits per heavy atom. The van der Waals surface area contributed by atoms with E-state index < -0.39 is 11.6 Å². The summed E-state index contributed by atoms with van der Waals surface area (Å²) in [5.74, 6) is -1.56. The Balaban J connectivity index is 2.37. The second-order valence-corrected chi connectivity index (χ2v) is 3.82. The lowest BCUT2D eigenvalue weighted by atomic mass is 10.2. The summed E-state index contributed by atoms with van der Waals surface area (Å²) in [6, 6.07) is 6.55. The molecule has 0 amide bonds. The first-order valence-corrected chi connectivity index (χ1v) is 5.25. The van der Waals surface area contributed by atoms with Crippen LogP contribution in [0.15, 0.2) is 30.5 Å². The zero-order chi connectivity index (χ0) is 13.1. The topological polar surface area (TPSA) is 48.7 Å². The first-order chi connectivity index (χ1) is 8.60. The van der Waals surface area contributed by atoms with Crippen LogP contribution in [0.2, 0.25) is 5.02 Å². The number of anilines is 2. The molecule has 0 radical (unpaired) electrons. The fourth-order valence-electron chi connectivity index (χ4n) is 1.38. The maximum atomic E-state index is 13.5. The molecule has 2 aromatic rings. The van der Waals surface area contributed by atoms with Crippen molar-refractivity contribution < 1.29 is 8.78 Å². The van der Waals surface area contributed by atoms with Gasteiger partial charge in [-0.3, -0.25) is 0 Å². The summed E-state index contributed by atoms with van der Waals surface area (Å²) in [6.07, 6.45) is 1.40. The number of benzene rings is 1. The van der Waals surface area contributed by atoms with Gasteiger partial charge in [0.1, 0.15) is 17.6 Å². The van der Waals surface area contributed by atoms with Crippen molar-refractivity contribution in [3.63, 3.8) is 0 Å². The molecular weight excluding hydrogens is 260 g/mol. The lowest BCUT2D eigenvalue weighted by Gasteiger charge is -2.09. The second kappa shape index (κ2) is 4.98. The Morgan fingerprint density at radius 2 is 2.06 bits per heavy atom. The number of nitrogens with one attached hydrogen (secondary N) is 1. The molecule has 2 rings (SSSR count). The molecule has 0 unspecified atom stereocenters. The molecular formula is C12H6ClF2N3. The largest absolute Gasteiger partial charge is 0.352 e. The van der Waals surface area contributed by atoms with Gasteiger partial charge in [-0.05, 0) is 18.2 Å². The quantitative estimate of drug-likeness (QED) is 0.902. The van der Waals surface area contributed by atoms with E-state index in [1.54, 1.807) is 6.07 Å². The lowest BCUT2D eigenvalue weighted by Crippen LogP contribution is -1.97. The van der Waals surface area contributed by atoms with E-state index in [1.165, 1.54) is 12.3 Å². The van der Waals surface area contributed by atoms with Gasteiger partial charge in [-0.2, -0.15) is 5.26 Å². The van der Waals surface area contributed by atoms with Crippen molar-refractivity contribution >= 4 is 23.0 Å². The van der Waals surface area contributed by atoms with Gasteiger partial charge in [-0.15, -0.1) is 0 Å². The fourth-order valence-corrected chi connectivity index (χ4v) is 1.62. The zero-order valence-electron chi connectivity index (χ0n) is 8.92. The van der Waals surface area contributed by atoms with E-state index in [0.717, 1.165) is 12.1 Å². The minimum Gasteiger partial charge on any atom is -0.352 e. The number of pyridine rings is 1. The molecule has 1 aromatic heterocycles. The molecule has 3 nitrogen and oxygen atoms in total. The smallest absolute Gasteiger partial charge is 0.151 e. The molecule has 1 N–H and O–H groups in total. The monoisotopic (exact) mass is 265 g/mol. The Hall–Kier alpha value is -2.19. The van der Waals surface area contributed by atoms with Crippen molar-refractivity contribution in [2.45, 2.75) is 0 Å². The highest BCUT2D eigenvalue weighted by Crippen LogP contribution is 2.29. The Labute approximate surface area is 107 Å². The summed E-state index contributed by atoms with van der Waals surface area (Å²) in [4.78, 5) is 3.77. The normalized spacial score (nSPS) is 9.89. The summed E-state index contributed by atoms with van der Waals surface area (Å²) in [7, 11) is 0. The summed E-state index contributed by atoms with van der Waals surface area (Å²) in [5.41, 5.74) is 0.570. The molecule has 0 aliphatic rings. The van der Waals surface area contributed by atoms with Crippen LogP contribution in [0.4, 0.5) is 20.2 Å². The van der Waals surface area contributed by atoms with Gasteiger partial charge in [0, 0.05) is 18.0 Å². The molecule has 1 aromatic carbocycles. The molecule has 0 spiro atoms. The summed E-state index contributed by atoms with van der Waals surface area (Å²) in [5, 5.41) is 11.3. The second-order valence-electron chi connectivity index (χ2n) is 3.41. The number of halogens is 3. The number of rotatable bonds is 2. The molecule has 0 aliphatic carbocycles. The van der Waals surface area contributed by atoms with Gasteiger partial charge in [-0.25, -0.2) is 13.8 Å². The highest BCUT2D eigenvalue weighted by atomic mass is 35.5. The Morgan fingerprint density at radius 3 is 2.72 bits per heavy atom. The standard InChI is InChI=1S/C12H6ClF2N3/c13-10-3-7(14)4-11(15)12(10)18-8-1-2-17-9(5-8)6-16/h1-5H,(H,17,18). The maximum Gasteiger partial charge on any atom is 0.151 e. The molecule has 0 bridgehead atoms. The van der Waals surface area contributed by atoms with E-state index in [1.807, 2.05) is 6.07 Å². The Bertz CT molecular complexity index is 614. The number of nitriles is 1. The predicted octanol–water partition coefficient (Wildman–Crippen LogP) is 3.63. The highest BCUT2D eigenvalue weighted by Gasteiger charge is 2.10. The average molecular weight is 266 g/mol. The van der Waals surface area contributed by atoms with Crippen LogP contribution in [0, 0.1) is 23.0 Å². The summed E-state index contributed by atoms with van der Waals surface area (Å²) >= 11 is 5.74. The molecule has 0 saturated carbocycles. The molecule has 0 saturated heterocycles. The van der Waals surface area contributed by atoms with E-state index in [4.69, 9.17) is 16.9 Å². The van der Waals surface area contributed by atoms with Crippen molar-refractivity contribution in [3.05, 3.63) is 52.8 Å². The number of hydrogen-bond acceptors (Lipinski definition) is 3. The van der Waals surface area contributed by atoms with Crippen LogP contribution >= 0.6 is 11.6 Å². The van der Waals surface area contributed by atoms with E-state index in [2.05, 4.69) is 10.3 Å². The summed E-state index contributed by atoms with van der Waals surface area (Å²) < 4.78 is 26.4. The molecule has 0 aliphatic heterocycles. The minimum absolute atomic E-state index is 0.0480. The molecule has 6 heteroatoms. The lowest BCUT2D eigenvalue weighted by molar-refractivity contribution is 0.586. The van der Waals surface area contributed by atoms with Crippen molar-refractivity contribution in [1.29, 1.82) is 5.26 Å². The van der Waals surface area contributed by atoms with Crippen molar-refractivity contribution in [2.24, 2.45) is 0 Å². The van der Waals surface area contributed by atoms with Gasteiger partial charge < -0.3 is 5.32 Å². The highest BCUT2D eigenvalue weighted by molar-refractivity contribution is 6.33. The van der Waals surface area contributed by atoms with Crippen LogP contribution in [0.3, 0.4) is 0 Å². The third kappa shape index (κ3) is 2.55. The first-order valence-electron chi connectivity index (χ1n) is 4.88. The molecule has 18 heavy (non-hydrogen) atoms. The van der Waals surface area contributed by atoms with Crippen molar-refractivity contribution in [1.82, 2.24) is 4.98 Å². The maximum absolute atomic E-state index is 13.5. The van der Waals surface area contributed by atoms with Gasteiger partial charge in [0.2, 0.25) is 0 Å². The van der Waals surface area contributed by atoms with Crippen LogP contribution in [-0.2, 0) is 0 Å². The molecule has 1 heterocycles. The summed E-state index contributed by atoms with van der Waals surface area (Å²) in [6.45, 7) is 0. The third-order valence-electron chi connectivity index (χ3n) is 2.15. The predicted molar refractivity (Wildman–Crippen MR) is 63.6 cm³/mol. The first kappa shape index (κ1) is 12.3. The van der Waals surface area contributed by atoms with Gasteiger partial charge in [0.25, 0.3) is 0 Å². The third-order valence-corrected chi connectivity index (χ3v) is 2.45. The van der Waals surface area contributed by atoms with E-state index in [0.29, 0.717) is 5.69 Å². The van der Waals surface area contributed by atoms with Crippen LogP contribution in [-0.4, -0.2) is 4.98 Å². The van der Waals surface area contributed by atoms with Crippen LogP contribution in [0.5, 0.6) is 0 Å². The van der Waals surface area contributed by atoms with Crippen molar-refractivity contribution in [3.8, 4) is 6.07 Å². The molecule has 0 fully saturated rings. The van der Waals surface area contributed by atoms with Crippen LogP contribution in [0.25, 0.3) is 0 Å². The number of hydrogen-bond donors (Lipinski definition) is 1. The average Bonchev–Trinajstić information content (AvgIpc) is 2.34. The SMILES string of the molecule is N#Cc1cc(Nc2c(F)cc(F)cc2Cl)ccn1. The number of aromatic nitrogens is 1. The van der Waals surface area contributed by atoms with Gasteiger partial charge >= 0.3 is 0 Å². The molecule has 0 atom stereocenters. The minimum atomic E-state index is -0.810. The van der Waals surface area contributed by atoms with Crippen molar-refractivity contribution in [2.75, 3.05) is 5.32 Å². The number of nitrogens with zero attached hydrogens (tertiary/aromatic N) is 2. The van der Waals surface area contributed by atoms with Crippen LogP contribution in [0.1, 0.15) is 5.69 Å². The van der Waals surface area contributed by atoms with Gasteiger partial charge in [0.05, 0.1) is 10.7 Å².